The molecule has 1 aromatic rings. The minimum atomic E-state index is -5.05. The van der Waals surface area contributed by atoms with Crippen molar-refractivity contribution in [2.75, 3.05) is 20.1 Å². The van der Waals surface area contributed by atoms with Crippen LogP contribution in [0.5, 0.6) is 0 Å². The number of nitrogens with zero attached hydrogens (tertiary/aromatic N) is 2. The van der Waals surface area contributed by atoms with Gasteiger partial charge in [0.2, 0.25) is 5.60 Å². The first kappa shape index (κ1) is 21.5. The molecule has 2 amide bonds. The summed E-state index contributed by atoms with van der Waals surface area (Å²) >= 11 is 5.82. The topological polar surface area (TPSA) is 60.9 Å². The van der Waals surface area contributed by atoms with E-state index in [2.05, 4.69) is 0 Å². The fourth-order valence-electron chi connectivity index (χ4n) is 3.27. The molecule has 1 aliphatic rings. The minimum absolute atomic E-state index is 0.0218. The zero-order valence-electron chi connectivity index (χ0n) is 15.3. The van der Waals surface area contributed by atoms with Gasteiger partial charge in [0, 0.05) is 36.8 Å². The molecule has 1 saturated heterocycles. The van der Waals surface area contributed by atoms with Gasteiger partial charge in [-0.05, 0) is 43.5 Å². The summed E-state index contributed by atoms with van der Waals surface area (Å²) in [6.45, 7) is 2.27. The van der Waals surface area contributed by atoms with E-state index in [0.717, 1.165) is 4.90 Å². The van der Waals surface area contributed by atoms with Crippen LogP contribution in [0.1, 0.15) is 30.6 Å². The van der Waals surface area contributed by atoms with Crippen LogP contribution in [0.15, 0.2) is 24.3 Å². The van der Waals surface area contributed by atoms with E-state index < -0.39 is 17.7 Å². The fourth-order valence-corrected chi connectivity index (χ4v) is 3.39. The van der Waals surface area contributed by atoms with E-state index in [9.17, 15) is 27.9 Å². The highest BCUT2D eigenvalue weighted by molar-refractivity contribution is 6.30. The number of aliphatic hydroxyl groups is 1. The quantitative estimate of drug-likeness (QED) is 0.839. The van der Waals surface area contributed by atoms with E-state index >= 15 is 0 Å². The number of benzene rings is 1. The van der Waals surface area contributed by atoms with Crippen LogP contribution in [0.3, 0.4) is 0 Å². The van der Waals surface area contributed by atoms with Gasteiger partial charge in [-0.25, -0.2) is 0 Å². The maximum atomic E-state index is 12.9. The summed E-state index contributed by atoms with van der Waals surface area (Å²) in [6.07, 6.45) is -4.73. The summed E-state index contributed by atoms with van der Waals surface area (Å²) in [5.74, 6) is -1.86. The lowest BCUT2D eigenvalue weighted by molar-refractivity contribution is -0.251. The van der Waals surface area contributed by atoms with E-state index in [1.54, 1.807) is 38.2 Å². The summed E-state index contributed by atoms with van der Waals surface area (Å²) in [7, 11) is 1.63. The second kappa shape index (κ2) is 7.67. The van der Waals surface area contributed by atoms with Crippen LogP contribution in [-0.4, -0.2) is 64.7 Å². The largest absolute Gasteiger partial charge is 0.426 e. The van der Waals surface area contributed by atoms with Crippen molar-refractivity contribution in [1.29, 1.82) is 0 Å². The highest BCUT2D eigenvalue weighted by atomic mass is 35.5. The molecule has 1 heterocycles. The van der Waals surface area contributed by atoms with E-state index in [4.69, 9.17) is 11.6 Å². The molecule has 0 unspecified atom stereocenters. The van der Waals surface area contributed by atoms with Crippen molar-refractivity contribution < 1.29 is 27.9 Å². The molecule has 0 bridgehead atoms. The van der Waals surface area contributed by atoms with Crippen LogP contribution in [0, 0.1) is 5.92 Å². The molecule has 9 heteroatoms. The third-order valence-corrected chi connectivity index (χ3v) is 5.28. The van der Waals surface area contributed by atoms with E-state index in [1.165, 1.54) is 4.90 Å². The summed E-state index contributed by atoms with van der Waals surface area (Å²) in [5, 5.41) is 10.1. The standard InChI is InChI=1S/C18H22ClF3N2O3/c1-11-10-24(16(26)17(2,27)18(20,21)22)9-8-14(11)23(3)15(25)12-4-6-13(19)7-5-12/h4-7,11,14,27H,8-10H2,1-3H3/t11-,14+,17+/m0/s1. The Morgan fingerprint density at radius 2 is 1.81 bits per heavy atom. The zero-order chi connectivity index (χ0) is 20.6. The maximum Gasteiger partial charge on any atom is 0.426 e. The smallest absolute Gasteiger partial charge is 0.373 e. The highest BCUT2D eigenvalue weighted by Gasteiger charge is 2.57. The Bertz CT molecular complexity index is 707. The lowest BCUT2D eigenvalue weighted by Gasteiger charge is -2.43. The van der Waals surface area contributed by atoms with Crippen LogP contribution >= 0.6 is 11.6 Å². The molecule has 5 nitrogen and oxygen atoms in total. The van der Waals surface area contributed by atoms with Gasteiger partial charge in [0.25, 0.3) is 11.8 Å². The molecule has 27 heavy (non-hydrogen) atoms. The van der Waals surface area contributed by atoms with Crippen molar-refractivity contribution in [1.82, 2.24) is 9.80 Å². The number of hydrogen-bond donors (Lipinski definition) is 1. The van der Waals surface area contributed by atoms with Crippen LogP contribution in [-0.2, 0) is 4.79 Å². The summed E-state index contributed by atoms with van der Waals surface area (Å²) < 4.78 is 38.7. The lowest BCUT2D eigenvalue weighted by Crippen LogP contribution is -2.60. The first-order valence-corrected chi connectivity index (χ1v) is 8.85. The van der Waals surface area contributed by atoms with E-state index in [0.29, 0.717) is 23.9 Å². The number of carbonyl (C=O) groups is 2. The molecule has 1 aliphatic heterocycles. The second-order valence-electron chi connectivity index (χ2n) is 7.08. The monoisotopic (exact) mass is 406 g/mol. The van der Waals surface area contributed by atoms with Gasteiger partial charge in [0.15, 0.2) is 0 Å². The number of alkyl halides is 3. The van der Waals surface area contributed by atoms with Gasteiger partial charge in [-0.15, -0.1) is 0 Å². The Kier molecular flexibility index (Phi) is 6.11. The number of likely N-dealkylation sites (tertiary alicyclic amines) is 1. The van der Waals surface area contributed by atoms with Crippen LogP contribution < -0.4 is 0 Å². The predicted molar refractivity (Wildman–Crippen MR) is 94.4 cm³/mol. The summed E-state index contributed by atoms with van der Waals surface area (Å²) in [5.41, 5.74) is -2.97. The van der Waals surface area contributed by atoms with Crippen molar-refractivity contribution in [3.8, 4) is 0 Å². The molecule has 1 N–H and O–H groups in total. The number of amides is 2. The molecule has 1 aromatic carbocycles. The third kappa shape index (κ3) is 4.38. The molecule has 0 aromatic heterocycles. The summed E-state index contributed by atoms with van der Waals surface area (Å²) in [4.78, 5) is 27.3. The molecule has 2 rings (SSSR count). The Balaban J connectivity index is 2.07. The molecule has 1 fully saturated rings. The van der Waals surface area contributed by atoms with Crippen molar-refractivity contribution in [2.24, 2.45) is 5.92 Å². The van der Waals surface area contributed by atoms with Gasteiger partial charge < -0.3 is 14.9 Å². The van der Waals surface area contributed by atoms with Crippen molar-refractivity contribution >= 4 is 23.4 Å². The summed E-state index contributed by atoms with van der Waals surface area (Å²) in [6, 6.07) is 6.17. The molecular formula is C18H22ClF3N2O3. The Morgan fingerprint density at radius 3 is 2.30 bits per heavy atom. The first-order valence-electron chi connectivity index (χ1n) is 8.47. The molecular weight excluding hydrogens is 385 g/mol. The van der Waals surface area contributed by atoms with Crippen molar-refractivity contribution in [3.63, 3.8) is 0 Å². The Hall–Kier alpha value is -1.80. The van der Waals surface area contributed by atoms with Crippen molar-refractivity contribution in [3.05, 3.63) is 34.9 Å². The number of halogens is 4. The van der Waals surface area contributed by atoms with Crippen LogP contribution in [0.4, 0.5) is 13.2 Å². The fraction of sp³-hybridized carbons (Fsp3) is 0.556. The average Bonchev–Trinajstić information content (AvgIpc) is 2.59. The normalized spacial score (nSPS) is 22.9. The predicted octanol–water partition coefficient (Wildman–Crippen LogP) is 2.96. The van der Waals surface area contributed by atoms with Gasteiger partial charge in [-0.1, -0.05) is 18.5 Å². The third-order valence-electron chi connectivity index (χ3n) is 5.02. The van der Waals surface area contributed by atoms with E-state index in [-0.39, 0.29) is 31.0 Å². The average molecular weight is 407 g/mol. The number of piperidine rings is 1. The Labute approximate surface area is 160 Å². The van der Waals surface area contributed by atoms with Gasteiger partial charge >= 0.3 is 6.18 Å². The molecule has 0 spiro atoms. The molecule has 150 valence electrons. The van der Waals surface area contributed by atoms with Crippen molar-refractivity contribution in [2.45, 2.75) is 38.1 Å². The number of hydrogen-bond acceptors (Lipinski definition) is 3. The van der Waals surface area contributed by atoms with Crippen LogP contribution in [0.2, 0.25) is 5.02 Å². The zero-order valence-corrected chi connectivity index (χ0v) is 16.0. The molecule has 0 saturated carbocycles. The van der Waals surface area contributed by atoms with Crippen LogP contribution in [0.25, 0.3) is 0 Å². The highest BCUT2D eigenvalue weighted by Crippen LogP contribution is 2.33. The minimum Gasteiger partial charge on any atom is -0.373 e. The molecule has 0 radical (unpaired) electrons. The molecule has 0 aliphatic carbocycles. The second-order valence-corrected chi connectivity index (χ2v) is 7.51. The van der Waals surface area contributed by atoms with Gasteiger partial charge in [-0.3, -0.25) is 9.59 Å². The number of carbonyl (C=O) groups excluding carboxylic acids is 2. The van der Waals surface area contributed by atoms with Gasteiger partial charge in [-0.2, -0.15) is 13.2 Å². The maximum absolute atomic E-state index is 12.9. The Morgan fingerprint density at radius 1 is 1.26 bits per heavy atom. The lowest BCUT2D eigenvalue weighted by atomic mass is 9.90. The van der Waals surface area contributed by atoms with E-state index in [1.807, 2.05) is 0 Å². The first-order chi connectivity index (χ1) is 12.4. The SMILES string of the molecule is C[C@H]1CN(C(=O)[C@@](C)(O)C(F)(F)F)CC[C@H]1N(C)C(=O)c1ccc(Cl)cc1. The van der Waals surface area contributed by atoms with Gasteiger partial charge in [0.1, 0.15) is 0 Å². The molecule has 3 atom stereocenters. The number of rotatable bonds is 3. The van der Waals surface area contributed by atoms with Gasteiger partial charge in [0.05, 0.1) is 0 Å².